The van der Waals surface area contributed by atoms with E-state index in [1.165, 1.54) is 6.07 Å². The van der Waals surface area contributed by atoms with Gasteiger partial charge in [0.25, 0.3) is 0 Å². The van der Waals surface area contributed by atoms with Gasteiger partial charge in [-0.25, -0.2) is 18.3 Å². The molecular formula is C22H22F2N6O. The van der Waals surface area contributed by atoms with E-state index in [2.05, 4.69) is 10.2 Å². The Balaban J connectivity index is 1.43. The third kappa shape index (κ3) is 3.88. The highest BCUT2D eigenvalue weighted by molar-refractivity contribution is 5.77. The Morgan fingerprint density at radius 1 is 1.13 bits per heavy atom. The number of benzene rings is 1. The Kier molecular flexibility index (Phi) is 5.11. The van der Waals surface area contributed by atoms with E-state index in [0.717, 1.165) is 49.3 Å². The standard InChI is InChI=1S/C22H22F2N6O/c1-28(13-15-10-17(23)2-3-20(15)24)21-4-7-29-22(27-21)19(12-26-29)16-11-25-30(14-16)18-5-8-31-9-6-18/h2-4,7,10-12,14,18H,5-6,8-9,13H2,1H3. The first-order valence-electron chi connectivity index (χ1n) is 10.2. The molecule has 160 valence electrons. The van der Waals surface area contributed by atoms with Gasteiger partial charge in [0, 0.05) is 55.9 Å². The van der Waals surface area contributed by atoms with E-state index >= 15 is 0 Å². The van der Waals surface area contributed by atoms with Crippen molar-refractivity contribution in [2.45, 2.75) is 25.4 Å². The van der Waals surface area contributed by atoms with Crippen LogP contribution in [0.4, 0.5) is 14.6 Å². The van der Waals surface area contributed by atoms with Crippen LogP contribution in [0, 0.1) is 11.6 Å². The van der Waals surface area contributed by atoms with Gasteiger partial charge in [-0.1, -0.05) is 0 Å². The average Bonchev–Trinajstić information content (AvgIpc) is 3.43. The highest BCUT2D eigenvalue weighted by Gasteiger charge is 2.19. The minimum Gasteiger partial charge on any atom is -0.381 e. The zero-order chi connectivity index (χ0) is 21.4. The van der Waals surface area contributed by atoms with Crippen molar-refractivity contribution in [3.63, 3.8) is 0 Å². The number of hydrogen-bond donors (Lipinski definition) is 0. The molecule has 1 fully saturated rings. The molecule has 0 bridgehead atoms. The fourth-order valence-electron chi connectivity index (χ4n) is 3.90. The van der Waals surface area contributed by atoms with Gasteiger partial charge in [-0.2, -0.15) is 10.2 Å². The summed E-state index contributed by atoms with van der Waals surface area (Å²) in [6.45, 7) is 1.69. The number of ether oxygens (including phenoxy) is 1. The molecule has 0 N–H and O–H groups in total. The smallest absolute Gasteiger partial charge is 0.165 e. The Hall–Kier alpha value is -3.33. The van der Waals surface area contributed by atoms with Gasteiger partial charge < -0.3 is 9.64 Å². The summed E-state index contributed by atoms with van der Waals surface area (Å²) < 4.78 is 36.7. The maximum Gasteiger partial charge on any atom is 0.165 e. The molecule has 1 aromatic carbocycles. The predicted molar refractivity (Wildman–Crippen MR) is 112 cm³/mol. The van der Waals surface area contributed by atoms with Crippen molar-refractivity contribution in [1.29, 1.82) is 0 Å². The second-order valence-corrected chi connectivity index (χ2v) is 7.76. The Labute approximate surface area is 177 Å². The molecule has 0 spiro atoms. The lowest BCUT2D eigenvalue weighted by atomic mass is 10.1. The van der Waals surface area contributed by atoms with Crippen LogP contribution in [0.2, 0.25) is 0 Å². The molecule has 1 saturated heterocycles. The summed E-state index contributed by atoms with van der Waals surface area (Å²) >= 11 is 0. The summed E-state index contributed by atoms with van der Waals surface area (Å²) in [5.41, 5.74) is 2.75. The Morgan fingerprint density at radius 3 is 2.81 bits per heavy atom. The Morgan fingerprint density at radius 2 is 1.97 bits per heavy atom. The van der Waals surface area contributed by atoms with Crippen molar-refractivity contribution >= 4 is 11.5 Å². The maximum atomic E-state index is 14.0. The first kappa shape index (κ1) is 19.6. The van der Waals surface area contributed by atoms with E-state index in [-0.39, 0.29) is 12.1 Å². The van der Waals surface area contributed by atoms with Crippen LogP contribution in [0.25, 0.3) is 16.8 Å². The highest BCUT2D eigenvalue weighted by Crippen LogP contribution is 2.28. The quantitative estimate of drug-likeness (QED) is 0.487. The lowest BCUT2D eigenvalue weighted by molar-refractivity contribution is 0.0662. The molecule has 0 aliphatic carbocycles. The van der Waals surface area contributed by atoms with E-state index in [9.17, 15) is 8.78 Å². The summed E-state index contributed by atoms with van der Waals surface area (Å²) in [6, 6.07) is 5.59. The van der Waals surface area contributed by atoms with E-state index in [1.54, 1.807) is 28.7 Å². The molecule has 1 aliphatic heterocycles. The normalized spacial score (nSPS) is 14.9. The van der Waals surface area contributed by atoms with Gasteiger partial charge in [0.2, 0.25) is 0 Å². The first-order valence-corrected chi connectivity index (χ1v) is 10.2. The third-order valence-electron chi connectivity index (χ3n) is 5.64. The molecule has 0 unspecified atom stereocenters. The maximum absolute atomic E-state index is 14.0. The first-order chi connectivity index (χ1) is 15.1. The number of aromatic nitrogens is 5. The molecule has 4 heterocycles. The molecule has 0 saturated carbocycles. The number of anilines is 1. The highest BCUT2D eigenvalue weighted by atomic mass is 19.1. The van der Waals surface area contributed by atoms with Gasteiger partial charge in [-0.05, 0) is 37.1 Å². The molecule has 5 rings (SSSR count). The molecule has 4 aromatic rings. The number of halogens is 2. The molecule has 0 amide bonds. The zero-order valence-corrected chi connectivity index (χ0v) is 17.1. The minimum absolute atomic E-state index is 0.192. The van der Waals surface area contributed by atoms with Crippen LogP contribution in [0.15, 0.2) is 49.1 Å². The van der Waals surface area contributed by atoms with E-state index in [4.69, 9.17) is 9.72 Å². The van der Waals surface area contributed by atoms with Crippen LogP contribution in [-0.4, -0.2) is 44.6 Å². The molecule has 7 nitrogen and oxygen atoms in total. The largest absolute Gasteiger partial charge is 0.381 e. The van der Waals surface area contributed by atoms with E-state index < -0.39 is 11.6 Å². The number of hydrogen-bond acceptors (Lipinski definition) is 5. The lowest BCUT2D eigenvalue weighted by Gasteiger charge is -2.22. The van der Waals surface area contributed by atoms with Crippen molar-refractivity contribution < 1.29 is 13.5 Å². The molecule has 0 atom stereocenters. The zero-order valence-electron chi connectivity index (χ0n) is 17.1. The van der Waals surface area contributed by atoms with Gasteiger partial charge in [0.15, 0.2) is 5.65 Å². The van der Waals surface area contributed by atoms with Gasteiger partial charge in [0.1, 0.15) is 17.5 Å². The van der Waals surface area contributed by atoms with E-state index in [0.29, 0.717) is 17.5 Å². The van der Waals surface area contributed by atoms with Crippen LogP contribution in [-0.2, 0) is 11.3 Å². The van der Waals surface area contributed by atoms with Crippen molar-refractivity contribution in [3.05, 3.63) is 66.3 Å². The summed E-state index contributed by atoms with van der Waals surface area (Å²) in [6.07, 6.45) is 9.31. The third-order valence-corrected chi connectivity index (χ3v) is 5.64. The van der Waals surface area contributed by atoms with Gasteiger partial charge in [0.05, 0.1) is 18.4 Å². The minimum atomic E-state index is -0.465. The van der Waals surface area contributed by atoms with Crippen molar-refractivity contribution in [2.24, 2.45) is 0 Å². The summed E-state index contributed by atoms with van der Waals surface area (Å²) in [5.74, 6) is -0.276. The number of rotatable bonds is 5. The van der Waals surface area contributed by atoms with Crippen LogP contribution in [0.1, 0.15) is 24.4 Å². The average molecular weight is 424 g/mol. The molecule has 9 heteroatoms. The fourth-order valence-corrected chi connectivity index (χ4v) is 3.90. The lowest BCUT2D eigenvalue weighted by Crippen LogP contribution is -2.19. The molecular weight excluding hydrogens is 402 g/mol. The van der Waals surface area contributed by atoms with Gasteiger partial charge in [-0.15, -0.1) is 0 Å². The second-order valence-electron chi connectivity index (χ2n) is 7.76. The summed E-state index contributed by atoms with van der Waals surface area (Å²) in [7, 11) is 1.79. The van der Waals surface area contributed by atoms with Crippen LogP contribution in [0.3, 0.4) is 0 Å². The van der Waals surface area contributed by atoms with Crippen LogP contribution >= 0.6 is 0 Å². The van der Waals surface area contributed by atoms with Crippen LogP contribution < -0.4 is 4.90 Å². The molecule has 1 aliphatic rings. The van der Waals surface area contributed by atoms with Crippen LogP contribution in [0.5, 0.6) is 0 Å². The SMILES string of the molecule is CN(Cc1cc(F)ccc1F)c1ccn2ncc(-c3cnn(C4CCOCC4)c3)c2n1. The topological polar surface area (TPSA) is 60.5 Å². The van der Waals surface area contributed by atoms with Gasteiger partial charge in [-0.3, -0.25) is 4.68 Å². The molecule has 31 heavy (non-hydrogen) atoms. The fraction of sp³-hybridized carbons (Fsp3) is 0.318. The van der Waals surface area contributed by atoms with Crippen molar-refractivity contribution in [2.75, 3.05) is 25.2 Å². The summed E-state index contributed by atoms with van der Waals surface area (Å²) in [4.78, 5) is 6.51. The predicted octanol–water partition coefficient (Wildman–Crippen LogP) is 3.86. The van der Waals surface area contributed by atoms with E-state index in [1.807, 2.05) is 23.3 Å². The van der Waals surface area contributed by atoms with Gasteiger partial charge >= 0.3 is 0 Å². The monoisotopic (exact) mass is 424 g/mol. The van der Waals surface area contributed by atoms with Crippen molar-refractivity contribution in [1.82, 2.24) is 24.4 Å². The molecule has 0 radical (unpaired) electrons. The van der Waals surface area contributed by atoms with Crippen molar-refractivity contribution in [3.8, 4) is 11.1 Å². The number of nitrogens with zero attached hydrogens (tertiary/aromatic N) is 6. The summed E-state index contributed by atoms with van der Waals surface area (Å²) in [5, 5.41) is 8.94. The second kappa shape index (κ2) is 8.07. The molecule has 3 aromatic heterocycles. The Bertz CT molecular complexity index is 1210. The number of fused-ring (bicyclic) bond motifs is 1.